The maximum absolute atomic E-state index is 14.4. The highest BCUT2D eigenvalue weighted by Gasteiger charge is 2.42. The third-order valence-corrected chi connectivity index (χ3v) is 7.94. The Morgan fingerprint density at radius 3 is 2.21 bits per heavy atom. The summed E-state index contributed by atoms with van der Waals surface area (Å²) in [5.41, 5.74) is 2.44. The molecular formula is C29H28Cl2N2O4S. The van der Waals surface area contributed by atoms with Gasteiger partial charge in [-0.15, -0.1) is 11.8 Å². The predicted molar refractivity (Wildman–Crippen MR) is 152 cm³/mol. The van der Waals surface area contributed by atoms with Crippen LogP contribution in [0, 0.1) is 0 Å². The molecule has 0 saturated heterocycles. The molecule has 1 aliphatic rings. The molecule has 3 aromatic carbocycles. The smallest absolute Gasteiger partial charge is 0.303 e. The van der Waals surface area contributed by atoms with Crippen LogP contribution in [0.4, 0.5) is 5.69 Å². The van der Waals surface area contributed by atoms with E-state index in [0.717, 1.165) is 10.5 Å². The van der Waals surface area contributed by atoms with Crippen molar-refractivity contribution in [3.05, 3.63) is 93.5 Å². The molecular weight excluding hydrogens is 543 g/mol. The van der Waals surface area contributed by atoms with Crippen molar-refractivity contribution in [2.75, 3.05) is 17.7 Å². The molecule has 38 heavy (non-hydrogen) atoms. The molecule has 198 valence electrons. The fourth-order valence-corrected chi connectivity index (χ4v) is 5.41. The minimum Gasteiger partial charge on any atom is -0.481 e. The van der Waals surface area contributed by atoms with Gasteiger partial charge < -0.3 is 14.9 Å². The summed E-state index contributed by atoms with van der Waals surface area (Å²) in [7, 11) is 0. The lowest BCUT2D eigenvalue weighted by atomic mass is 9.98. The van der Waals surface area contributed by atoms with Crippen molar-refractivity contribution >= 4 is 58.4 Å². The molecule has 0 radical (unpaired) electrons. The number of nitrogens with zero attached hydrogens (tertiary/aromatic N) is 2. The van der Waals surface area contributed by atoms with Crippen LogP contribution in [0.5, 0.6) is 0 Å². The van der Waals surface area contributed by atoms with Crippen LogP contribution in [0.15, 0.2) is 71.6 Å². The Morgan fingerprint density at radius 1 is 0.974 bits per heavy atom. The average Bonchev–Trinajstić information content (AvgIpc) is 2.99. The molecule has 4 rings (SSSR count). The van der Waals surface area contributed by atoms with Gasteiger partial charge in [0.05, 0.1) is 17.3 Å². The molecule has 2 amide bonds. The number of amides is 2. The molecule has 1 heterocycles. The number of benzene rings is 3. The molecule has 9 heteroatoms. The number of aliphatic carboxylic acids is 1. The van der Waals surface area contributed by atoms with Gasteiger partial charge in [-0.3, -0.25) is 14.4 Å². The van der Waals surface area contributed by atoms with Gasteiger partial charge in [0.25, 0.3) is 11.8 Å². The summed E-state index contributed by atoms with van der Waals surface area (Å²) in [4.78, 5) is 44.0. The molecule has 0 bridgehead atoms. The van der Waals surface area contributed by atoms with Crippen LogP contribution < -0.4 is 4.90 Å². The van der Waals surface area contributed by atoms with Crippen LogP contribution in [0.2, 0.25) is 10.0 Å². The number of thioether (sulfide) groups is 1. The second-order valence-corrected chi connectivity index (χ2v) is 10.9. The van der Waals surface area contributed by atoms with Crippen LogP contribution in [0.1, 0.15) is 59.8 Å². The first-order chi connectivity index (χ1) is 18.2. The summed E-state index contributed by atoms with van der Waals surface area (Å²) in [5, 5.41) is 10.2. The molecule has 0 fully saturated rings. The summed E-state index contributed by atoms with van der Waals surface area (Å²) < 4.78 is 0. The average molecular weight is 572 g/mol. The van der Waals surface area contributed by atoms with E-state index in [1.54, 1.807) is 46.2 Å². The number of carbonyl (C=O) groups excluding carboxylic acids is 2. The lowest BCUT2D eigenvalue weighted by Crippen LogP contribution is -2.44. The highest BCUT2D eigenvalue weighted by atomic mass is 35.5. The fourth-order valence-electron chi connectivity index (χ4n) is 4.72. The molecule has 1 aliphatic heterocycles. The van der Waals surface area contributed by atoms with Crippen molar-refractivity contribution in [1.82, 2.24) is 4.90 Å². The summed E-state index contributed by atoms with van der Waals surface area (Å²) in [6, 6.07) is 18.4. The van der Waals surface area contributed by atoms with Crippen LogP contribution in [0.3, 0.4) is 0 Å². The lowest BCUT2D eigenvalue weighted by molar-refractivity contribution is -0.137. The third-order valence-electron chi connectivity index (χ3n) is 6.72. The number of carboxylic acid groups (broad SMARTS) is 1. The van der Waals surface area contributed by atoms with Crippen molar-refractivity contribution in [2.24, 2.45) is 0 Å². The van der Waals surface area contributed by atoms with Crippen LogP contribution >= 0.6 is 35.0 Å². The van der Waals surface area contributed by atoms with Gasteiger partial charge in [-0.1, -0.05) is 47.5 Å². The minimum absolute atomic E-state index is 0.0135. The number of hydrogen-bond acceptors (Lipinski definition) is 4. The van der Waals surface area contributed by atoms with Gasteiger partial charge in [0.2, 0.25) is 0 Å². The van der Waals surface area contributed by atoms with E-state index in [1.165, 1.54) is 11.8 Å². The summed E-state index contributed by atoms with van der Waals surface area (Å²) in [6.07, 6.45) is 2.85. The first-order valence-corrected chi connectivity index (χ1v) is 14.2. The maximum atomic E-state index is 14.4. The number of carboxylic acids is 1. The molecule has 0 aliphatic carbocycles. The van der Waals surface area contributed by atoms with Crippen molar-refractivity contribution in [3.63, 3.8) is 0 Å². The summed E-state index contributed by atoms with van der Waals surface area (Å²) in [6.45, 7) is 2.19. The zero-order valence-corrected chi connectivity index (χ0v) is 23.4. The fraction of sp³-hybridized carbons (Fsp3) is 0.276. The standard InChI is InChI=1S/C29H28Cl2N2O4S/c1-18(19-6-10-21(30)11-7-19)33-27(20-8-12-22(31)13-9-20)29(37)32(16-4-3-5-26(34)35)25-15-14-23(38-2)17-24(25)28(33)36/h6-15,17-18,27H,3-5,16H2,1-2H3,(H,34,35)/t18-,27?/m1/s1. The topological polar surface area (TPSA) is 77.9 Å². The lowest BCUT2D eigenvalue weighted by Gasteiger charge is -2.36. The number of anilines is 1. The molecule has 1 unspecified atom stereocenters. The zero-order chi connectivity index (χ0) is 27.4. The van der Waals surface area contributed by atoms with E-state index in [2.05, 4.69) is 0 Å². The van der Waals surface area contributed by atoms with Gasteiger partial charge in [-0.2, -0.15) is 0 Å². The number of fused-ring (bicyclic) bond motifs is 1. The van der Waals surface area contributed by atoms with Crippen LogP contribution in [-0.2, 0) is 9.59 Å². The van der Waals surface area contributed by atoms with Crippen LogP contribution in [-0.4, -0.2) is 40.6 Å². The van der Waals surface area contributed by atoms with Crippen molar-refractivity contribution in [3.8, 4) is 0 Å². The van der Waals surface area contributed by atoms with E-state index in [1.807, 2.05) is 43.5 Å². The largest absolute Gasteiger partial charge is 0.481 e. The Bertz CT molecular complexity index is 1330. The maximum Gasteiger partial charge on any atom is 0.303 e. The van der Waals surface area contributed by atoms with Crippen LogP contribution in [0.25, 0.3) is 0 Å². The molecule has 2 atom stereocenters. The number of unbranched alkanes of at least 4 members (excludes halogenated alkanes) is 1. The van der Waals surface area contributed by atoms with E-state index in [4.69, 9.17) is 28.3 Å². The molecule has 1 N–H and O–H groups in total. The van der Waals surface area contributed by atoms with E-state index < -0.39 is 18.1 Å². The van der Waals surface area contributed by atoms with Crippen molar-refractivity contribution < 1.29 is 19.5 Å². The van der Waals surface area contributed by atoms with Gasteiger partial charge in [0, 0.05) is 27.9 Å². The van der Waals surface area contributed by atoms with Crippen molar-refractivity contribution in [1.29, 1.82) is 0 Å². The molecule has 0 saturated carbocycles. The number of carbonyl (C=O) groups is 3. The highest BCUT2D eigenvalue weighted by Crippen LogP contribution is 2.41. The number of halogens is 2. The highest BCUT2D eigenvalue weighted by molar-refractivity contribution is 7.98. The first-order valence-electron chi connectivity index (χ1n) is 12.3. The molecule has 3 aromatic rings. The first kappa shape index (κ1) is 28.0. The Kier molecular flexibility index (Phi) is 9.03. The Labute approximate surface area is 236 Å². The Balaban J connectivity index is 1.87. The SMILES string of the molecule is CSc1ccc2c(c1)C(=O)N([C@H](C)c1ccc(Cl)cc1)C(c1ccc(Cl)cc1)C(=O)N2CCCCC(=O)O. The Morgan fingerprint density at radius 2 is 1.61 bits per heavy atom. The monoisotopic (exact) mass is 570 g/mol. The quantitative estimate of drug-likeness (QED) is 0.216. The van der Waals surface area contributed by atoms with E-state index in [0.29, 0.717) is 39.7 Å². The normalized spacial score (nSPS) is 16.3. The second kappa shape index (κ2) is 12.2. The van der Waals surface area contributed by atoms with Gasteiger partial charge in [0.15, 0.2) is 0 Å². The summed E-state index contributed by atoms with van der Waals surface area (Å²) in [5.74, 6) is -1.40. The molecule has 6 nitrogen and oxygen atoms in total. The molecule has 0 aromatic heterocycles. The van der Waals surface area contributed by atoms with E-state index >= 15 is 0 Å². The molecule has 0 spiro atoms. The van der Waals surface area contributed by atoms with Gasteiger partial charge >= 0.3 is 5.97 Å². The summed E-state index contributed by atoms with van der Waals surface area (Å²) >= 11 is 13.8. The van der Waals surface area contributed by atoms with E-state index in [-0.39, 0.29) is 24.8 Å². The van der Waals surface area contributed by atoms with Gasteiger partial charge in [-0.25, -0.2) is 0 Å². The predicted octanol–water partition coefficient (Wildman–Crippen LogP) is 7.26. The second-order valence-electron chi connectivity index (χ2n) is 9.12. The van der Waals surface area contributed by atoms with Gasteiger partial charge in [-0.05, 0) is 79.6 Å². The number of hydrogen-bond donors (Lipinski definition) is 1. The Hall–Kier alpha value is -3.00. The van der Waals surface area contributed by atoms with Gasteiger partial charge in [0.1, 0.15) is 6.04 Å². The van der Waals surface area contributed by atoms with E-state index in [9.17, 15) is 14.4 Å². The third kappa shape index (κ3) is 6.01. The minimum atomic E-state index is -0.921. The number of rotatable bonds is 9. The van der Waals surface area contributed by atoms with Crippen molar-refractivity contribution in [2.45, 2.75) is 43.2 Å². The zero-order valence-electron chi connectivity index (χ0n) is 21.1.